The third kappa shape index (κ3) is 2.55. The topological polar surface area (TPSA) is 31.2 Å². The number of hydrogen-bond acceptors (Lipinski definition) is 2. The summed E-state index contributed by atoms with van der Waals surface area (Å²) >= 11 is 0. The highest BCUT2D eigenvalue weighted by atomic mass is 16.5. The molecule has 1 aromatic carbocycles. The van der Waals surface area contributed by atoms with Crippen molar-refractivity contribution in [3.05, 3.63) is 36.0 Å². The first kappa shape index (κ1) is 12.7. The largest absolute Gasteiger partial charge is 0.466 e. The van der Waals surface area contributed by atoms with Gasteiger partial charge in [0.15, 0.2) is 0 Å². The van der Waals surface area contributed by atoms with Crippen LogP contribution in [0.2, 0.25) is 0 Å². The zero-order chi connectivity index (χ0) is 13.1. The molecular weight excluding hydrogens is 226 g/mol. The zero-order valence-corrected chi connectivity index (χ0v) is 11.1. The highest BCUT2D eigenvalue weighted by Gasteiger charge is 2.13. The van der Waals surface area contributed by atoms with E-state index in [4.69, 9.17) is 4.74 Å². The van der Waals surface area contributed by atoms with Gasteiger partial charge in [-0.25, -0.2) is 0 Å². The van der Waals surface area contributed by atoms with E-state index in [1.807, 2.05) is 20.0 Å². The Morgan fingerprint density at radius 1 is 1.39 bits per heavy atom. The van der Waals surface area contributed by atoms with Gasteiger partial charge in [-0.2, -0.15) is 0 Å². The Morgan fingerprint density at radius 3 is 2.89 bits per heavy atom. The minimum Gasteiger partial charge on any atom is -0.466 e. The summed E-state index contributed by atoms with van der Waals surface area (Å²) in [5.74, 6) is -0.139. The molecule has 3 heteroatoms. The predicted molar refractivity (Wildman–Crippen MR) is 72.6 cm³/mol. The lowest BCUT2D eigenvalue weighted by Crippen LogP contribution is -2.12. The van der Waals surface area contributed by atoms with Gasteiger partial charge in [-0.3, -0.25) is 4.79 Å². The summed E-state index contributed by atoms with van der Waals surface area (Å²) in [7, 11) is 0. The molecule has 0 radical (unpaired) electrons. The van der Waals surface area contributed by atoms with Crippen LogP contribution in [0.4, 0.5) is 0 Å². The Morgan fingerprint density at radius 2 is 2.17 bits per heavy atom. The van der Waals surface area contributed by atoms with E-state index in [0.717, 1.165) is 0 Å². The van der Waals surface area contributed by atoms with Crippen LogP contribution in [0.5, 0.6) is 0 Å². The molecule has 0 saturated carbocycles. The van der Waals surface area contributed by atoms with Gasteiger partial charge in [0.2, 0.25) is 0 Å². The van der Waals surface area contributed by atoms with Crippen LogP contribution in [0.3, 0.4) is 0 Å². The van der Waals surface area contributed by atoms with Gasteiger partial charge in [-0.1, -0.05) is 12.1 Å². The number of carbonyl (C=O) groups is 1. The van der Waals surface area contributed by atoms with Crippen molar-refractivity contribution in [3.8, 4) is 0 Å². The molecule has 0 spiro atoms. The third-order valence-electron chi connectivity index (χ3n) is 3.12. The maximum absolute atomic E-state index is 11.5. The number of benzene rings is 1. The molecule has 0 N–H and O–H groups in total. The van der Waals surface area contributed by atoms with Crippen molar-refractivity contribution in [2.75, 3.05) is 6.61 Å². The summed E-state index contributed by atoms with van der Waals surface area (Å²) < 4.78 is 7.13. The van der Waals surface area contributed by atoms with E-state index in [9.17, 15) is 4.79 Å². The first-order valence-electron chi connectivity index (χ1n) is 6.34. The molecule has 3 nitrogen and oxygen atoms in total. The first-order chi connectivity index (χ1) is 8.61. The van der Waals surface area contributed by atoms with Gasteiger partial charge in [0, 0.05) is 17.8 Å². The van der Waals surface area contributed by atoms with Gasteiger partial charge < -0.3 is 9.30 Å². The van der Waals surface area contributed by atoms with Crippen LogP contribution in [0.15, 0.2) is 30.5 Å². The van der Waals surface area contributed by atoms with E-state index in [1.165, 1.54) is 16.5 Å². The SMILES string of the molecule is CCOC(=O)CC(C)n1ccc2ccc(C)cc21. The predicted octanol–water partition coefficient (Wildman–Crippen LogP) is 3.46. The lowest BCUT2D eigenvalue weighted by Gasteiger charge is -2.14. The van der Waals surface area contributed by atoms with Crippen LogP contribution < -0.4 is 0 Å². The molecule has 0 amide bonds. The quantitative estimate of drug-likeness (QED) is 0.772. The molecule has 0 bridgehead atoms. The van der Waals surface area contributed by atoms with Crippen molar-refractivity contribution in [2.24, 2.45) is 0 Å². The molecule has 2 aromatic rings. The first-order valence-corrected chi connectivity index (χ1v) is 6.34. The summed E-state index contributed by atoms with van der Waals surface area (Å²) in [5.41, 5.74) is 2.40. The third-order valence-corrected chi connectivity index (χ3v) is 3.12. The fraction of sp³-hybridized carbons (Fsp3) is 0.400. The second-order valence-electron chi connectivity index (χ2n) is 4.64. The van der Waals surface area contributed by atoms with E-state index in [1.54, 1.807) is 0 Å². The number of carbonyl (C=O) groups excluding carboxylic acids is 1. The second-order valence-corrected chi connectivity index (χ2v) is 4.64. The van der Waals surface area contributed by atoms with Gasteiger partial charge in [0.1, 0.15) is 0 Å². The van der Waals surface area contributed by atoms with Crippen LogP contribution in [-0.4, -0.2) is 17.1 Å². The zero-order valence-electron chi connectivity index (χ0n) is 11.1. The summed E-state index contributed by atoms with van der Waals surface area (Å²) in [4.78, 5) is 11.5. The number of aromatic nitrogens is 1. The number of ether oxygens (including phenoxy) is 1. The van der Waals surface area contributed by atoms with Gasteiger partial charge in [-0.05, 0) is 43.9 Å². The summed E-state index contributed by atoms with van der Waals surface area (Å²) in [6.45, 7) is 6.39. The fourth-order valence-corrected chi connectivity index (χ4v) is 2.20. The average Bonchev–Trinajstić information content (AvgIpc) is 2.71. The van der Waals surface area contributed by atoms with Crippen molar-refractivity contribution in [1.82, 2.24) is 4.57 Å². The number of hydrogen-bond donors (Lipinski definition) is 0. The number of esters is 1. The Kier molecular flexibility index (Phi) is 3.70. The molecule has 1 unspecified atom stereocenters. The molecule has 0 saturated heterocycles. The maximum Gasteiger partial charge on any atom is 0.307 e. The Labute approximate surface area is 107 Å². The number of fused-ring (bicyclic) bond motifs is 1. The monoisotopic (exact) mass is 245 g/mol. The number of rotatable bonds is 4. The summed E-state index contributed by atoms with van der Waals surface area (Å²) in [6.07, 6.45) is 2.44. The molecule has 2 rings (SSSR count). The van der Waals surface area contributed by atoms with E-state index >= 15 is 0 Å². The lowest BCUT2D eigenvalue weighted by molar-refractivity contribution is -0.143. The molecule has 1 heterocycles. The van der Waals surface area contributed by atoms with E-state index < -0.39 is 0 Å². The highest BCUT2D eigenvalue weighted by Crippen LogP contribution is 2.23. The minimum absolute atomic E-state index is 0.114. The molecule has 18 heavy (non-hydrogen) atoms. The Bertz CT molecular complexity index is 557. The van der Waals surface area contributed by atoms with Crippen molar-refractivity contribution in [3.63, 3.8) is 0 Å². The average molecular weight is 245 g/mol. The normalized spacial score (nSPS) is 12.6. The molecule has 1 atom stereocenters. The van der Waals surface area contributed by atoms with Crippen LogP contribution in [0.1, 0.15) is 31.9 Å². The highest BCUT2D eigenvalue weighted by molar-refractivity contribution is 5.81. The minimum atomic E-state index is -0.139. The molecular formula is C15H19NO2. The molecule has 0 aliphatic carbocycles. The summed E-state index contributed by atoms with van der Waals surface area (Å²) in [6, 6.07) is 8.55. The maximum atomic E-state index is 11.5. The molecule has 0 aliphatic rings. The molecule has 1 aromatic heterocycles. The van der Waals surface area contributed by atoms with Crippen molar-refractivity contribution >= 4 is 16.9 Å². The van der Waals surface area contributed by atoms with Crippen LogP contribution in [0.25, 0.3) is 10.9 Å². The van der Waals surface area contributed by atoms with Crippen molar-refractivity contribution in [2.45, 2.75) is 33.2 Å². The van der Waals surface area contributed by atoms with Crippen LogP contribution in [0, 0.1) is 6.92 Å². The van der Waals surface area contributed by atoms with E-state index in [-0.39, 0.29) is 12.0 Å². The van der Waals surface area contributed by atoms with Crippen molar-refractivity contribution in [1.29, 1.82) is 0 Å². The number of aryl methyl sites for hydroxylation is 1. The van der Waals surface area contributed by atoms with Gasteiger partial charge in [0.05, 0.1) is 13.0 Å². The second kappa shape index (κ2) is 5.25. The van der Waals surface area contributed by atoms with Gasteiger partial charge >= 0.3 is 5.97 Å². The Hall–Kier alpha value is -1.77. The summed E-state index contributed by atoms with van der Waals surface area (Å²) in [5, 5.41) is 1.20. The molecule has 0 aliphatic heterocycles. The van der Waals surface area contributed by atoms with Crippen molar-refractivity contribution < 1.29 is 9.53 Å². The standard InChI is InChI=1S/C15H19NO2/c1-4-18-15(17)10-12(3)16-8-7-13-6-5-11(2)9-14(13)16/h5-9,12H,4,10H2,1-3H3. The molecule has 96 valence electrons. The lowest BCUT2D eigenvalue weighted by atomic mass is 10.1. The fourth-order valence-electron chi connectivity index (χ4n) is 2.20. The van der Waals surface area contributed by atoms with E-state index in [2.05, 4.69) is 35.8 Å². The van der Waals surface area contributed by atoms with Gasteiger partial charge in [0.25, 0.3) is 0 Å². The van der Waals surface area contributed by atoms with Crippen LogP contribution >= 0.6 is 0 Å². The number of nitrogens with zero attached hydrogens (tertiary/aromatic N) is 1. The van der Waals surface area contributed by atoms with Gasteiger partial charge in [-0.15, -0.1) is 0 Å². The smallest absolute Gasteiger partial charge is 0.307 e. The van der Waals surface area contributed by atoms with E-state index in [0.29, 0.717) is 13.0 Å². The molecule has 0 fully saturated rings. The van der Waals surface area contributed by atoms with Crippen LogP contribution in [-0.2, 0) is 9.53 Å². The Balaban J connectivity index is 2.24.